The first kappa shape index (κ1) is 17.6. The Morgan fingerprint density at radius 2 is 1.96 bits per heavy atom. The number of hydrogen-bond acceptors (Lipinski definition) is 3. The second-order valence-corrected chi connectivity index (χ2v) is 10.1. The summed E-state index contributed by atoms with van der Waals surface area (Å²) in [7, 11) is 0. The number of esters is 1. The maximum Gasteiger partial charge on any atom is 0.302 e. The molecule has 0 radical (unpaired) electrons. The molecule has 4 saturated carbocycles. The summed E-state index contributed by atoms with van der Waals surface area (Å²) in [5.74, 6) is 1.35. The fourth-order valence-corrected chi connectivity index (χ4v) is 7.97. The lowest BCUT2D eigenvalue weighted by atomic mass is 9.40. The molecule has 0 aliphatic heterocycles. The average molecular weight is 347 g/mol. The molecule has 0 aromatic rings. The van der Waals surface area contributed by atoms with Crippen molar-refractivity contribution < 1.29 is 14.6 Å². The van der Waals surface area contributed by atoms with Crippen LogP contribution >= 0.6 is 0 Å². The van der Waals surface area contributed by atoms with Crippen molar-refractivity contribution in [2.45, 2.75) is 78.2 Å². The predicted molar refractivity (Wildman–Crippen MR) is 97.8 cm³/mol. The van der Waals surface area contributed by atoms with E-state index < -0.39 is 0 Å². The summed E-state index contributed by atoms with van der Waals surface area (Å²) in [6, 6.07) is 0. The van der Waals surface area contributed by atoms with Crippen molar-refractivity contribution in [2.24, 2.45) is 34.0 Å². The molecule has 1 spiro atoms. The number of rotatable bonds is 2. The van der Waals surface area contributed by atoms with Crippen molar-refractivity contribution in [3.8, 4) is 0 Å². The van der Waals surface area contributed by atoms with Crippen LogP contribution in [0, 0.1) is 34.0 Å². The van der Waals surface area contributed by atoms with Gasteiger partial charge in [0.1, 0.15) is 0 Å². The van der Waals surface area contributed by atoms with Gasteiger partial charge in [-0.15, -0.1) is 0 Å². The highest BCUT2D eigenvalue weighted by Crippen LogP contribution is 2.72. The van der Waals surface area contributed by atoms with E-state index in [0.717, 1.165) is 32.1 Å². The molecule has 1 N–H and O–H groups in total. The number of fused-ring (bicyclic) bond motifs is 3. The molecule has 0 heterocycles. The molecule has 2 bridgehead atoms. The standard InChI is InChI=1S/C22H34O3/c1-14-12-22-11-8-17-20(3,13-25-15(2)23)9-5-10-21(17,4)18(22)7-6-16(14)19(22)24/h16-19,24H,1,5-13H2,2-4H3/t16-,17-,18+,19-,20-,21-,22+/m1/s1. The van der Waals surface area contributed by atoms with Gasteiger partial charge in [0.05, 0.1) is 12.7 Å². The highest BCUT2D eigenvalue weighted by molar-refractivity contribution is 5.65. The largest absolute Gasteiger partial charge is 0.465 e. The first-order chi connectivity index (χ1) is 11.7. The fourth-order valence-electron chi connectivity index (χ4n) is 7.97. The number of carbonyl (C=O) groups excluding carboxylic acids is 1. The number of carbonyl (C=O) groups is 1. The van der Waals surface area contributed by atoms with Crippen LogP contribution in [0.3, 0.4) is 0 Å². The van der Waals surface area contributed by atoms with Crippen molar-refractivity contribution in [1.82, 2.24) is 0 Å². The Kier molecular flexibility index (Phi) is 3.92. The van der Waals surface area contributed by atoms with Crippen molar-refractivity contribution in [3.63, 3.8) is 0 Å². The third-order valence-corrected chi connectivity index (χ3v) is 8.91. The molecule has 140 valence electrons. The normalized spacial score (nSPS) is 51.6. The van der Waals surface area contributed by atoms with Crippen molar-refractivity contribution in [1.29, 1.82) is 0 Å². The number of hydrogen-bond donors (Lipinski definition) is 1. The summed E-state index contributed by atoms with van der Waals surface area (Å²) in [6.45, 7) is 11.2. The SMILES string of the molecule is C=C1C[C@@]23CC[C@@H]4[C@@](C)(COC(C)=O)CCC[C@@]4(C)[C@@H]2CC[C@H]1[C@H]3O. The Labute approximate surface area is 152 Å². The summed E-state index contributed by atoms with van der Waals surface area (Å²) in [5.41, 5.74) is 1.71. The molecular weight excluding hydrogens is 312 g/mol. The Morgan fingerprint density at radius 3 is 2.68 bits per heavy atom. The molecule has 4 fully saturated rings. The molecule has 0 saturated heterocycles. The van der Waals surface area contributed by atoms with Crippen LogP contribution in [0.15, 0.2) is 12.2 Å². The van der Waals surface area contributed by atoms with Crippen LogP contribution in [-0.4, -0.2) is 23.8 Å². The summed E-state index contributed by atoms with van der Waals surface area (Å²) in [6.07, 6.45) is 9.07. The van der Waals surface area contributed by atoms with Gasteiger partial charge in [-0.05, 0) is 62.2 Å². The van der Waals surface area contributed by atoms with Gasteiger partial charge in [0.15, 0.2) is 0 Å². The number of aliphatic hydroxyl groups excluding tert-OH is 1. The van der Waals surface area contributed by atoms with Crippen LogP contribution in [0.1, 0.15) is 72.1 Å². The molecule has 0 aromatic carbocycles. The molecule has 4 aliphatic carbocycles. The average Bonchev–Trinajstić information content (AvgIpc) is 2.68. The highest BCUT2D eigenvalue weighted by atomic mass is 16.5. The van der Waals surface area contributed by atoms with Crippen molar-refractivity contribution >= 4 is 5.97 Å². The lowest BCUT2D eigenvalue weighted by Gasteiger charge is -2.65. The molecule has 4 aliphatic rings. The van der Waals surface area contributed by atoms with E-state index >= 15 is 0 Å². The number of ether oxygens (including phenoxy) is 1. The smallest absolute Gasteiger partial charge is 0.302 e. The zero-order valence-corrected chi connectivity index (χ0v) is 16.1. The van der Waals surface area contributed by atoms with Crippen LogP contribution in [0.5, 0.6) is 0 Å². The maximum absolute atomic E-state index is 11.4. The summed E-state index contributed by atoms with van der Waals surface area (Å²) in [5, 5.41) is 11.1. The quantitative estimate of drug-likeness (QED) is 0.592. The Morgan fingerprint density at radius 1 is 1.20 bits per heavy atom. The Hall–Kier alpha value is -0.830. The summed E-state index contributed by atoms with van der Waals surface area (Å²) < 4.78 is 5.51. The molecular formula is C22H34O3. The van der Waals surface area contributed by atoms with Crippen LogP contribution < -0.4 is 0 Å². The first-order valence-electron chi connectivity index (χ1n) is 10.2. The van der Waals surface area contributed by atoms with Gasteiger partial charge in [-0.2, -0.15) is 0 Å². The van der Waals surface area contributed by atoms with E-state index in [9.17, 15) is 9.90 Å². The lowest BCUT2D eigenvalue weighted by Crippen LogP contribution is -2.60. The van der Waals surface area contributed by atoms with Gasteiger partial charge in [0.2, 0.25) is 0 Å². The molecule has 0 aromatic heterocycles. The van der Waals surface area contributed by atoms with E-state index in [1.165, 1.54) is 31.8 Å². The van der Waals surface area contributed by atoms with E-state index in [1.807, 2.05) is 0 Å². The van der Waals surface area contributed by atoms with Gasteiger partial charge < -0.3 is 9.84 Å². The van der Waals surface area contributed by atoms with Gasteiger partial charge >= 0.3 is 5.97 Å². The molecule has 25 heavy (non-hydrogen) atoms. The van der Waals surface area contributed by atoms with Gasteiger partial charge in [-0.1, -0.05) is 32.4 Å². The summed E-state index contributed by atoms with van der Waals surface area (Å²) in [4.78, 5) is 11.4. The van der Waals surface area contributed by atoms with Crippen molar-refractivity contribution in [3.05, 3.63) is 12.2 Å². The van der Waals surface area contributed by atoms with E-state index in [1.54, 1.807) is 0 Å². The second kappa shape index (κ2) is 5.58. The molecule has 7 atom stereocenters. The minimum Gasteiger partial charge on any atom is -0.465 e. The van der Waals surface area contributed by atoms with E-state index in [2.05, 4.69) is 20.4 Å². The zero-order chi connectivity index (χ0) is 18.0. The molecule has 0 amide bonds. The van der Waals surface area contributed by atoms with E-state index in [0.29, 0.717) is 24.4 Å². The van der Waals surface area contributed by atoms with Crippen LogP contribution in [0.2, 0.25) is 0 Å². The molecule has 0 unspecified atom stereocenters. The predicted octanol–water partition coefficient (Wildman–Crippen LogP) is 4.49. The molecule has 3 nitrogen and oxygen atoms in total. The van der Waals surface area contributed by atoms with Crippen LogP contribution in [0.4, 0.5) is 0 Å². The highest BCUT2D eigenvalue weighted by Gasteiger charge is 2.67. The van der Waals surface area contributed by atoms with Gasteiger partial charge in [-0.25, -0.2) is 0 Å². The van der Waals surface area contributed by atoms with Crippen LogP contribution in [0.25, 0.3) is 0 Å². The first-order valence-corrected chi connectivity index (χ1v) is 10.2. The van der Waals surface area contributed by atoms with Crippen LogP contribution in [-0.2, 0) is 9.53 Å². The maximum atomic E-state index is 11.4. The second-order valence-electron chi connectivity index (χ2n) is 10.1. The molecule has 3 heteroatoms. The number of aliphatic hydroxyl groups is 1. The summed E-state index contributed by atoms with van der Waals surface area (Å²) >= 11 is 0. The third kappa shape index (κ3) is 2.30. The van der Waals surface area contributed by atoms with Gasteiger partial charge in [0, 0.05) is 23.7 Å². The topological polar surface area (TPSA) is 46.5 Å². The molecule has 4 rings (SSSR count). The fraction of sp³-hybridized carbons (Fsp3) is 0.864. The van der Waals surface area contributed by atoms with Gasteiger partial charge in [-0.3, -0.25) is 4.79 Å². The minimum absolute atomic E-state index is 0.0743. The third-order valence-electron chi connectivity index (χ3n) is 8.91. The Balaban J connectivity index is 1.67. The monoisotopic (exact) mass is 346 g/mol. The van der Waals surface area contributed by atoms with Crippen molar-refractivity contribution in [2.75, 3.05) is 6.61 Å². The van der Waals surface area contributed by atoms with E-state index in [4.69, 9.17) is 4.74 Å². The lowest BCUT2D eigenvalue weighted by molar-refractivity contribution is -0.195. The van der Waals surface area contributed by atoms with E-state index in [-0.39, 0.29) is 28.3 Å². The zero-order valence-electron chi connectivity index (χ0n) is 16.1. The minimum atomic E-state index is -0.182. The Bertz CT molecular complexity index is 598. The van der Waals surface area contributed by atoms with Gasteiger partial charge in [0.25, 0.3) is 0 Å².